The normalized spacial score (nSPS) is 22.6. The fraction of sp³-hybridized carbons (Fsp3) is 0.600. The highest BCUT2D eigenvalue weighted by Gasteiger charge is 2.30. The Kier molecular flexibility index (Phi) is 5.37. The summed E-state index contributed by atoms with van der Waals surface area (Å²) >= 11 is 0. The van der Waals surface area contributed by atoms with Crippen LogP contribution in [0.25, 0.3) is 0 Å². The van der Waals surface area contributed by atoms with Gasteiger partial charge in [0.1, 0.15) is 0 Å². The Balaban J connectivity index is 2.23. The molecule has 2 unspecified atom stereocenters. The van der Waals surface area contributed by atoms with Crippen LogP contribution in [0.1, 0.15) is 31.4 Å². The van der Waals surface area contributed by atoms with Crippen LogP contribution in [0.15, 0.2) is 23.1 Å². The average Bonchev–Trinajstić information content (AvgIpc) is 2.82. The Morgan fingerprint density at radius 3 is 2.76 bits per heavy atom. The third-order valence-corrected chi connectivity index (χ3v) is 5.57. The van der Waals surface area contributed by atoms with Gasteiger partial charge < -0.3 is 10.1 Å². The first-order valence-corrected chi connectivity index (χ1v) is 8.87. The van der Waals surface area contributed by atoms with Crippen molar-refractivity contribution in [1.82, 2.24) is 10.0 Å². The van der Waals surface area contributed by atoms with Crippen molar-refractivity contribution >= 4 is 10.0 Å². The molecule has 5 nitrogen and oxygen atoms in total. The molecule has 2 rings (SSSR count). The molecule has 118 valence electrons. The summed E-state index contributed by atoms with van der Waals surface area (Å²) in [6.45, 7) is 7.91. The first-order valence-electron chi connectivity index (χ1n) is 7.39. The molecule has 1 heterocycles. The van der Waals surface area contributed by atoms with Gasteiger partial charge in [-0.05, 0) is 44.0 Å². The van der Waals surface area contributed by atoms with Gasteiger partial charge in [-0.2, -0.15) is 0 Å². The topological polar surface area (TPSA) is 67.4 Å². The number of sulfonamides is 1. The zero-order valence-electron chi connectivity index (χ0n) is 12.8. The van der Waals surface area contributed by atoms with E-state index in [2.05, 4.69) is 10.0 Å². The van der Waals surface area contributed by atoms with Gasteiger partial charge in [-0.25, -0.2) is 13.1 Å². The number of benzene rings is 1. The minimum absolute atomic E-state index is 0.0787. The van der Waals surface area contributed by atoms with Gasteiger partial charge in [-0.3, -0.25) is 0 Å². The van der Waals surface area contributed by atoms with Gasteiger partial charge in [0.15, 0.2) is 0 Å². The van der Waals surface area contributed by atoms with Crippen LogP contribution in [-0.2, 0) is 21.3 Å². The van der Waals surface area contributed by atoms with Gasteiger partial charge in [-0.15, -0.1) is 0 Å². The minimum Gasteiger partial charge on any atom is -0.377 e. The fourth-order valence-electron chi connectivity index (χ4n) is 2.55. The van der Waals surface area contributed by atoms with Crippen LogP contribution in [0.2, 0.25) is 0 Å². The van der Waals surface area contributed by atoms with Crippen molar-refractivity contribution in [3.8, 4) is 0 Å². The molecule has 1 aliphatic heterocycles. The number of hydrogen-bond acceptors (Lipinski definition) is 4. The van der Waals surface area contributed by atoms with E-state index in [4.69, 9.17) is 4.74 Å². The van der Waals surface area contributed by atoms with Crippen molar-refractivity contribution in [2.24, 2.45) is 0 Å². The second-order valence-electron chi connectivity index (χ2n) is 5.41. The van der Waals surface area contributed by atoms with Gasteiger partial charge in [0.25, 0.3) is 0 Å². The summed E-state index contributed by atoms with van der Waals surface area (Å²) in [6, 6.07) is 5.26. The molecule has 0 spiro atoms. The zero-order valence-corrected chi connectivity index (χ0v) is 13.7. The van der Waals surface area contributed by atoms with Crippen molar-refractivity contribution in [3.63, 3.8) is 0 Å². The molecule has 21 heavy (non-hydrogen) atoms. The number of rotatable bonds is 6. The quantitative estimate of drug-likeness (QED) is 0.836. The third-order valence-electron chi connectivity index (χ3n) is 3.93. The van der Waals surface area contributed by atoms with E-state index < -0.39 is 10.0 Å². The highest BCUT2D eigenvalue weighted by molar-refractivity contribution is 7.89. The zero-order chi connectivity index (χ0) is 15.5. The Labute approximate surface area is 127 Å². The molecule has 2 atom stereocenters. The molecule has 6 heteroatoms. The number of ether oxygens (including phenoxy) is 1. The van der Waals surface area contributed by atoms with Gasteiger partial charge in [0, 0.05) is 13.2 Å². The standard InChI is InChI=1S/C15H24N2O3S/c1-4-16-10-13-6-5-7-15(11(13)2)21(18,19)17-14-8-9-20-12(14)3/h5-7,12,14,16-17H,4,8-10H2,1-3H3. The first-order chi connectivity index (χ1) is 9.95. The van der Waals surface area contributed by atoms with Gasteiger partial charge in [0.2, 0.25) is 10.0 Å². The summed E-state index contributed by atoms with van der Waals surface area (Å²) in [5.74, 6) is 0. The molecule has 0 aliphatic carbocycles. The predicted molar refractivity (Wildman–Crippen MR) is 82.7 cm³/mol. The van der Waals surface area contributed by atoms with Crippen LogP contribution < -0.4 is 10.0 Å². The van der Waals surface area contributed by atoms with Gasteiger partial charge >= 0.3 is 0 Å². The summed E-state index contributed by atoms with van der Waals surface area (Å²) in [5, 5.41) is 3.23. The van der Waals surface area contributed by atoms with Crippen LogP contribution in [0.3, 0.4) is 0 Å². The van der Waals surface area contributed by atoms with E-state index in [9.17, 15) is 8.42 Å². The Bertz CT molecular complexity index is 587. The Hall–Kier alpha value is -0.950. The molecule has 0 amide bonds. The summed E-state index contributed by atoms with van der Waals surface area (Å²) in [7, 11) is -3.51. The molecule has 1 aliphatic rings. The van der Waals surface area contributed by atoms with E-state index in [0.29, 0.717) is 18.0 Å². The average molecular weight is 312 g/mol. The fourth-order valence-corrected chi connectivity index (χ4v) is 4.18. The Morgan fingerprint density at radius 2 is 2.14 bits per heavy atom. The maximum absolute atomic E-state index is 12.6. The smallest absolute Gasteiger partial charge is 0.241 e. The second kappa shape index (κ2) is 6.87. The maximum atomic E-state index is 12.6. The van der Waals surface area contributed by atoms with E-state index >= 15 is 0 Å². The van der Waals surface area contributed by atoms with Crippen LogP contribution >= 0.6 is 0 Å². The van der Waals surface area contributed by atoms with Gasteiger partial charge in [-0.1, -0.05) is 19.1 Å². The molecule has 1 fully saturated rings. The Morgan fingerprint density at radius 1 is 1.38 bits per heavy atom. The van der Waals surface area contributed by atoms with Crippen LogP contribution in [0.4, 0.5) is 0 Å². The molecule has 0 aromatic heterocycles. The number of nitrogens with one attached hydrogen (secondary N) is 2. The van der Waals surface area contributed by atoms with Crippen molar-refractivity contribution in [2.45, 2.75) is 50.8 Å². The first kappa shape index (κ1) is 16.4. The lowest BCUT2D eigenvalue weighted by molar-refractivity contribution is 0.117. The van der Waals surface area contributed by atoms with Crippen molar-refractivity contribution < 1.29 is 13.2 Å². The van der Waals surface area contributed by atoms with Gasteiger partial charge in [0.05, 0.1) is 17.0 Å². The molecule has 1 saturated heterocycles. The molecule has 1 aromatic carbocycles. The summed E-state index contributed by atoms with van der Waals surface area (Å²) in [6.07, 6.45) is 0.640. The van der Waals surface area contributed by atoms with E-state index in [1.54, 1.807) is 12.1 Å². The summed E-state index contributed by atoms with van der Waals surface area (Å²) < 4.78 is 33.4. The monoisotopic (exact) mass is 312 g/mol. The molecule has 2 N–H and O–H groups in total. The van der Waals surface area contributed by atoms with Crippen molar-refractivity contribution in [2.75, 3.05) is 13.2 Å². The lowest BCUT2D eigenvalue weighted by atomic mass is 10.1. The second-order valence-corrected chi connectivity index (χ2v) is 7.10. The number of hydrogen-bond donors (Lipinski definition) is 2. The lowest BCUT2D eigenvalue weighted by Crippen LogP contribution is -2.39. The van der Waals surface area contributed by atoms with Crippen LogP contribution in [0.5, 0.6) is 0 Å². The molecular formula is C15H24N2O3S. The highest BCUT2D eigenvalue weighted by atomic mass is 32.2. The van der Waals surface area contributed by atoms with E-state index in [-0.39, 0.29) is 12.1 Å². The largest absolute Gasteiger partial charge is 0.377 e. The molecule has 0 saturated carbocycles. The summed E-state index contributed by atoms with van der Waals surface area (Å²) in [5.41, 5.74) is 1.81. The minimum atomic E-state index is -3.51. The van der Waals surface area contributed by atoms with E-state index in [0.717, 1.165) is 24.1 Å². The van der Waals surface area contributed by atoms with Crippen LogP contribution in [-0.4, -0.2) is 33.7 Å². The molecule has 0 radical (unpaired) electrons. The SMILES string of the molecule is CCNCc1cccc(S(=O)(=O)NC2CCOC2C)c1C. The molecule has 1 aromatic rings. The maximum Gasteiger partial charge on any atom is 0.241 e. The van der Waals surface area contributed by atoms with E-state index in [1.807, 2.05) is 26.8 Å². The van der Waals surface area contributed by atoms with Crippen molar-refractivity contribution in [3.05, 3.63) is 29.3 Å². The summed E-state index contributed by atoms with van der Waals surface area (Å²) in [4.78, 5) is 0.358. The third kappa shape index (κ3) is 3.83. The van der Waals surface area contributed by atoms with Crippen molar-refractivity contribution in [1.29, 1.82) is 0 Å². The lowest BCUT2D eigenvalue weighted by Gasteiger charge is -2.18. The highest BCUT2D eigenvalue weighted by Crippen LogP contribution is 2.21. The van der Waals surface area contributed by atoms with E-state index in [1.165, 1.54) is 0 Å². The van der Waals surface area contributed by atoms with Crippen LogP contribution in [0, 0.1) is 6.92 Å². The molecule has 0 bridgehead atoms. The molecular weight excluding hydrogens is 288 g/mol. The predicted octanol–water partition coefficient (Wildman–Crippen LogP) is 1.56.